The van der Waals surface area contributed by atoms with E-state index in [0.717, 1.165) is 31.9 Å². The summed E-state index contributed by atoms with van der Waals surface area (Å²) in [5.41, 5.74) is 0.760. The van der Waals surface area contributed by atoms with Gasteiger partial charge in [0, 0.05) is 39.1 Å². The second-order valence-corrected chi connectivity index (χ2v) is 6.94. The van der Waals surface area contributed by atoms with Gasteiger partial charge in [0.15, 0.2) is 6.10 Å². The Kier molecular flexibility index (Phi) is 3.92. The number of benzene rings is 1. The average molecular weight is 329 g/mol. The number of rotatable bonds is 3. The number of nitrogens with zero attached hydrogens (tertiary/aromatic N) is 2. The van der Waals surface area contributed by atoms with Crippen LogP contribution in [0, 0.1) is 11.8 Å². The van der Waals surface area contributed by atoms with Crippen LogP contribution in [0.4, 0.5) is 5.69 Å². The van der Waals surface area contributed by atoms with Crippen molar-refractivity contribution >= 4 is 17.5 Å². The minimum atomic E-state index is -0.507. The summed E-state index contributed by atoms with van der Waals surface area (Å²) in [6.07, 6.45) is -0.146. The summed E-state index contributed by atoms with van der Waals surface area (Å²) >= 11 is 0. The molecule has 0 saturated carbocycles. The largest absolute Gasteiger partial charge is 0.479 e. The van der Waals surface area contributed by atoms with Crippen LogP contribution in [0.1, 0.15) is 13.3 Å². The molecule has 0 aliphatic carbocycles. The van der Waals surface area contributed by atoms with Crippen molar-refractivity contribution in [3.05, 3.63) is 24.3 Å². The van der Waals surface area contributed by atoms with E-state index in [2.05, 4.69) is 5.32 Å². The van der Waals surface area contributed by atoms with Crippen molar-refractivity contribution in [2.24, 2.45) is 11.8 Å². The van der Waals surface area contributed by atoms with Gasteiger partial charge in [-0.25, -0.2) is 0 Å². The van der Waals surface area contributed by atoms with E-state index in [4.69, 9.17) is 4.74 Å². The van der Waals surface area contributed by atoms with Crippen LogP contribution in [0.2, 0.25) is 0 Å². The number of nitrogens with one attached hydrogen (secondary N) is 1. The molecule has 0 bridgehead atoms. The van der Waals surface area contributed by atoms with Crippen molar-refractivity contribution in [3.8, 4) is 5.75 Å². The van der Waals surface area contributed by atoms with E-state index in [9.17, 15) is 9.59 Å². The second kappa shape index (κ2) is 6.09. The highest BCUT2D eigenvalue weighted by Gasteiger charge is 2.38. The zero-order valence-electron chi connectivity index (χ0n) is 13.9. The highest BCUT2D eigenvalue weighted by atomic mass is 16.5. The lowest BCUT2D eigenvalue weighted by Gasteiger charge is -2.33. The molecule has 24 heavy (non-hydrogen) atoms. The normalized spacial score (nSPS) is 28.5. The average Bonchev–Trinajstić information content (AvgIpc) is 3.17. The Hall–Kier alpha value is -2.08. The number of ether oxygens (including phenoxy) is 1. The van der Waals surface area contributed by atoms with Gasteiger partial charge < -0.3 is 19.9 Å². The monoisotopic (exact) mass is 329 g/mol. The highest BCUT2D eigenvalue weighted by Crippen LogP contribution is 2.34. The summed E-state index contributed by atoms with van der Waals surface area (Å²) in [6.45, 7) is 5.89. The molecular formula is C18H23N3O3. The molecule has 3 aliphatic heterocycles. The second-order valence-electron chi connectivity index (χ2n) is 6.94. The van der Waals surface area contributed by atoms with Crippen molar-refractivity contribution in [1.29, 1.82) is 0 Å². The quantitative estimate of drug-likeness (QED) is 0.894. The van der Waals surface area contributed by atoms with Crippen LogP contribution in [0.5, 0.6) is 5.75 Å². The van der Waals surface area contributed by atoms with Crippen LogP contribution in [0.3, 0.4) is 0 Å². The fourth-order valence-corrected chi connectivity index (χ4v) is 4.01. The molecule has 1 N–H and O–H groups in total. The number of carbonyl (C=O) groups is 2. The van der Waals surface area contributed by atoms with Gasteiger partial charge in [-0.3, -0.25) is 9.59 Å². The summed E-state index contributed by atoms with van der Waals surface area (Å²) in [5, 5.41) is 3.38. The van der Waals surface area contributed by atoms with Gasteiger partial charge >= 0.3 is 0 Å². The first-order valence-electron chi connectivity index (χ1n) is 8.69. The molecule has 0 aromatic heterocycles. The van der Waals surface area contributed by atoms with E-state index in [0.29, 0.717) is 30.6 Å². The molecule has 3 heterocycles. The van der Waals surface area contributed by atoms with E-state index in [1.807, 2.05) is 29.2 Å². The van der Waals surface area contributed by atoms with Crippen molar-refractivity contribution in [2.75, 3.05) is 37.6 Å². The molecular weight excluding hydrogens is 306 g/mol. The highest BCUT2D eigenvalue weighted by molar-refractivity contribution is 6.00. The Bertz CT molecular complexity index is 651. The van der Waals surface area contributed by atoms with Gasteiger partial charge in [-0.15, -0.1) is 0 Å². The van der Waals surface area contributed by atoms with Gasteiger partial charge in [-0.2, -0.15) is 0 Å². The Labute approximate surface area is 141 Å². The van der Waals surface area contributed by atoms with Gasteiger partial charge in [0.1, 0.15) is 5.75 Å². The van der Waals surface area contributed by atoms with Gasteiger partial charge in [0.25, 0.3) is 5.91 Å². The van der Waals surface area contributed by atoms with Gasteiger partial charge in [0.05, 0.1) is 5.69 Å². The summed E-state index contributed by atoms with van der Waals surface area (Å²) in [4.78, 5) is 28.7. The van der Waals surface area contributed by atoms with Crippen LogP contribution in [0.25, 0.3) is 0 Å². The zero-order valence-corrected chi connectivity index (χ0v) is 13.9. The number of hydrogen-bond acceptors (Lipinski definition) is 4. The van der Waals surface area contributed by atoms with Crippen LogP contribution < -0.4 is 15.0 Å². The third-order valence-electron chi connectivity index (χ3n) is 5.37. The Morgan fingerprint density at radius 1 is 1.25 bits per heavy atom. The Morgan fingerprint density at radius 2 is 1.96 bits per heavy atom. The van der Waals surface area contributed by atoms with Crippen LogP contribution in [0.15, 0.2) is 24.3 Å². The fourth-order valence-electron chi connectivity index (χ4n) is 4.01. The Balaban J connectivity index is 1.42. The summed E-state index contributed by atoms with van der Waals surface area (Å²) in [5.74, 6) is 1.97. The van der Waals surface area contributed by atoms with Crippen LogP contribution in [-0.2, 0) is 9.59 Å². The molecule has 6 nitrogen and oxygen atoms in total. The predicted octanol–water partition coefficient (Wildman–Crippen LogP) is 0.868. The summed E-state index contributed by atoms with van der Waals surface area (Å²) in [6, 6.07) is 7.51. The molecule has 3 atom stereocenters. The van der Waals surface area contributed by atoms with Crippen LogP contribution in [-0.4, -0.2) is 55.5 Å². The lowest BCUT2D eigenvalue weighted by molar-refractivity contribution is -0.130. The Morgan fingerprint density at radius 3 is 2.71 bits per heavy atom. The molecule has 128 valence electrons. The first-order valence-corrected chi connectivity index (χ1v) is 8.69. The molecule has 2 saturated heterocycles. The maximum absolute atomic E-state index is 12.6. The topological polar surface area (TPSA) is 61.9 Å². The first kappa shape index (κ1) is 15.4. The van der Waals surface area contributed by atoms with Crippen LogP contribution >= 0.6 is 0 Å². The minimum Gasteiger partial charge on any atom is -0.479 e. The number of amides is 2. The first-order chi connectivity index (χ1) is 11.6. The van der Waals surface area contributed by atoms with Gasteiger partial charge in [-0.1, -0.05) is 12.1 Å². The van der Waals surface area contributed by atoms with E-state index < -0.39 is 6.10 Å². The number of anilines is 1. The maximum Gasteiger partial charge on any atom is 0.267 e. The molecule has 4 rings (SSSR count). The van der Waals surface area contributed by atoms with Gasteiger partial charge in [-0.05, 0) is 30.9 Å². The van der Waals surface area contributed by atoms with Crippen molar-refractivity contribution in [3.63, 3.8) is 0 Å². The summed E-state index contributed by atoms with van der Waals surface area (Å²) < 4.78 is 5.64. The minimum absolute atomic E-state index is 0.0796. The fraction of sp³-hybridized carbons (Fsp3) is 0.556. The number of likely N-dealkylation sites (tertiary alicyclic amines) is 1. The maximum atomic E-state index is 12.6. The third-order valence-corrected chi connectivity index (χ3v) is 5.37. The molecule has 2 fully saturated rings. The number of para-hydroxylation sites is 2. The van der Waals surface area contributed by atoms with Gasteiger partial charge in [0.2, 0.25) is 5.91 Å². The van der Waals surface area contributed by atoms with E-state index in [-0.39, 0.29) is 11.8 Å². The molecule has 3 aliphatic rings. The van der Waals surface area contributed by atoms with Crippen molar-refractivity contribution in [2.45, 2.75) is 19.4 Å². The lowest BCUT2D eigenvalue weighted by Crippen LogP contribution is -2.46. The smallest absolute Gasteiger partial charge is 0.267 e. The lowest BCUT2D eigenvalue weighted by atomic mass is 10.0. The predicted molar refractivity (Wildman–Crippen MR) is 89.9 cm³/mol. The van der Waals surface area contributed by atoms with E-state index in [1.165, 1.54) is 0 Å². The SMILES string of the molecule is CC1Oc2ccccc2N(CCC(=O)N2C[C@H]3CNC[C@H]3C2)C1=O. The molecule has 6 heteroatoms. The van der Waals surface area contributed by atoms with Crippen molar-refractivity contribution < 1.29 is 14.3 Å². The van der Waals surface area contributed by atoms with E-state index >= 15 is 0 Å². The molecule has 2 amide bonds. The standard InChI is InChI=1S/C18H23N3O3/c1-12-18(23)21(15-4-2-3-5-16(15)24-12)7-6-17(22)20-10-13-8-19-9-14(13)11-20/h2-5,12-14,19H,6-11H2,1H3/t12?,13-,14+. The van der Waals surface area contributed by atoms with E-state index in [1.54, 1.807) is 11.8 Å². The summed E-state index contributed by atoms with van der Waals surface area (Å²) in [7, 11) is 0. The molecule has 1 aromatic rings. The number of fused-ring (bicyclic) bond motifs is 2. The zero-order chi connectivity index (χ0) is 16.7. The third kappa shape index (κ3) is 2.65. The molecule has 1 aromatic carbocycles. The number of carbonyl (C=O) groups excluding carboxylic acids is 2. The molecule has 0 radical (unpaired) electrons. The molecule has 0 spiro atoms. The number of hydrogen-bond donors (Lipinski definition) is 1. The van der Waals surface area contributed by atoms with Crippen molar-refractivity contribution in [1.82, 2.24) is 10.2 Å². The molecule has 1 unspecified atom stereocenters.